The monoisotopic (exact) mass is 197 g/mol. The van der Waals surface area contributed by atoms with Gasteiger partial charge in [-0.2, -0.15) is 0 Å². The van der Waals surface area contributed by atoms with Crippen LogP contribution in [0.15, 0.2) is 24.3 Å². The fourth-order valence-corrected chi connectivity index (χ4v) is 1.23. The lowest BCUT2D eigenvalue weighted by Crippen LogP contribution is -2.16. The van der Waals surface area contributed by atoms with Gasteiger partial charge < -0.3 is 5.73 Å². The molecule has 0 saturated heterocycles. The third-order valence-electron chi connectivity index (χ3n) is 1.93. The van der Waals surface area contributed by atoms with E-state index in [0.717, 1.165) is 12.0 Å². The van der Waals surface area contributed by atoms with Crippen LogP contribution in [-0.4, -0.2) is 5.91 Å². The molecule has 1 rings (SSSR count). The van der Waals surface area contributed by atoms with Crippen LogP contribution in [-0.2, 0) is 11.2 Å². The minimum atomic E-state index is -0.717. The van der Waals surface area contributed by atoms with Crippen molar-refractivity contribution in [2.24, 2.45) is 5.73 Å². The van der Waals surface area contributed by atoms with Gasteiger partial charge in [0, 0.05) is 0 Å². The second-order valence-electron chi connectivity index (χ2n) is 2.86. The Hall–Kier alpha value is -1.02. The molecule has 1 atom stereocenters. The van der Waals surface area contributed by atoms with E-state index in [4.69, 9.17) is 17.3 Å². The first-order valence-corrected chi connectivity index (χ1v) is 4.61. The van der Waals surface area contributed by atoms with E-state index in [9.17, 15) is 4.79 Å². The van der Waals surface area contributed by atoms with Crippen molar-refractivity contribution in [1.82, 2.24) is 0 Å². The summed E-state index contributed by atoms with van der Waals surface area (Å²) in [7, 11) is 0. The highest BCUT2D eigenvalue weighted by Crippen LogP contribution is 2.20. The fourth-order valence-electron chi connectivity index (χ4n) is 1.09. The standard InChI is InChI=1S/C10H12ClNO/c1-2-7-3-5-8(6-4-7)9(11)10(12)13/h3-6,9H,2H2,1H3,(H2,12,13). The van der Waals surface area contributed by atoms with Gasteiger partial charge >= 0.3 is 0 Å². The summed E-state index contributed by atoms with van der Waals surface area (Å²) in [5, 5.41) is -0.717. The van der Waals surface area contributed by atoms with Crippen LogP contribution in [0.2, 0.25) is 0 Å². The highest BCUT2D eigenvalue weighted by atomic mass is 35.5. The van der Waals surface area contributed by atoms with Gasteiger partial charge in [0.25, 0.3) is 0 Å². The third kappa shape index (κ3) is 2.46. The van der Waals surface area contributed by atoms with E-state index >= 15 is 0 Å². The Morgan fingerprint density at radius 3 is 2.38 bits per heavy atom. The average molecular weight is 198 g/mol. The molecule has 0 saturated carbocycles. The molecule has 0 bridgehead atoms. The number of benzene rings is 1. The highest BCUT2D eigenvalue weighted by molar-refractivity contribution is 6.30. The normalized spacial score (nSPS) is 12.5. The van der Waals surface area contributed by atoms with Crippen LogP contribution in [0.5, 0.6) is 0 Å². The van der Waals surface area contributed by atoms with Gasteiger partial charge in [0.15, 0.2) is 0 Å². The number of rotatable bonds is 3. The maximum atomic E-state index is 10.7. The van der Waals surface area contributed by atoms with Gasteiger partial charge in [0.05, 0.1) is 0 Å². The van der Waals surface area contributed by atoms with Crippen molar-refractivity contribution in [1.29, 1.82) is 0 Å². The van der Waals surface area contributed by atoms with Crippen molar-refractivity contribution >= 4 is 17.5 Å². The van der Waals surface area contributed by atoms with Crippen LogP contribution in [0.4, 0.5) is 0 Å². The molecule has 1 amide bonds. The molecular weight excluding hydrogens is 186 g/mol. The zero-order valence-corrected chi connectivity index (χ0v) is 8.21. The molecule has 0 aliphatic carbocycles. The van der Waals surface area contributed by atoms with E-state index in [2.05, 4.69) is 6.92 Å². The van der Waals surface area contributed by atoms with E-state index in [0.29, 0.717) is 0 Å². The van der Waals surface area contributed by atoms with Crippen LogP contribution < -0.4 is 5.73 Å². The van der Waals surface area contributed by atoms with Crippen molar-refractivity contribution in [3.05, 3.63) is 35.4 Å². The maximum absolute atomic E-state index is 10.7. The summed E-state index contributed by atoms with van der Waals surface area (Å²) < 4.78 is 0. The molecule has 0 aliphatic heterocycles. The van der Waals surface area contributed by atoms with Gasteiger partial charge in [-0.3, -0.25) is 4.79 Å². The molecule has 2 nitrogen and oxygen atoms in total. The largest absolute Gasteiger partial charge is 0.368 e. The van der Waals surface area contributed by atoms with Gasteiger partial charge in [-0.05, 0) is 17.5 Å². The Labute approximate surface area is 82.7 Å². The van der Waals surface area contributed by atoms with E-state index in [1.54, 1.807) is 0 Å². The second-order valence-corrected chi connectivity index (χ2v) is 3.30. The maximum Gasteiger partial charge on any atom is 0.240 e. The van der Waals surface area contributed by atoms with Crippen LogP contribution in [0.1, 0.15) is 23.4 Å². The lowest BCUT2D eigenvalue weighted by Gasteiger charge is -2.05. The molecular formula is C10H12ClNO. The SMILES string of the molecule is CCc1ccc(C(Cl)C(N)=O)cc1. The lowest BCUT2D eigenvalue weighted by atomic mass is 10.1. The number of alkyl halides is 1. The zero-order chi connectivity index (χ0) is 9.84. The topological polar surface area (TPSA) is 43.1 Å². The summed E-state index contributed by atoms with van der Waals surface area (Å²) in [6.07, 6.45) is 0.976. The predicted molar refractivity (Wildman–Crippen MR) is 53.6 cm³/mol. The minimum Gasteiger partial charge on any atom is -0.368 e. The number of carbonyl (C=O) groups excluding carboxylic acids is 1. The number of primary amides is 1. The molecule has 13 heavy (non-hydrogen) atoms. The Balaban J connectivity index is 2.85. The smallest absolute Gasteiger partial charge is 0.240 e. The molecule has 1 unspecified atom stereocenters. The molecule has 1 aromatic rings. The Morgan fingerprint density at radius 1 is 1.46 bits per heavy atom. The number of hydrogen-bond donors (Lipinski definition) is 1. The average Bonchev–Trinajstić information content (AvgIpc) is 2.17. The van der Waals surface area contributed by atoms with Crippen molar-refractivity contribution in [2.75, 3.05) is 0 Å². The second kappa shape index (κ2) is 4.28. The van der Waals surface area contributed by atoms with E-state index < -0.39 is 11.3 Å². The molecule has 2 N–H and O–H groups in total. The minimum absolute atomic E-state index is 0.508. The van der Waals surface area contributed by atoms with Gasteiger partial charge in [-0.1, -0.05) is 31.2 Å². The molecule has 0 heterocycles. The molecule has 0 spiro atoms. The number of carbonyl (C=O) groups is 1. The first-order chi connectivity index (χ1) is 6.15. The first-order valence-electron chi connectivity index (χ1n) is 4.17. The molecule has 0 fully saturated rings. The predicted octanol–water partition coefficient (Wildman–Crippen LogP) is 2.01. The fraction of sp³-hybridized carbons (Fsp3) is 0.300. The number of amides is 1. The highest BCUT2D eigenvalue weighted by Gasteiger charge is 2.12. The summed E-state index contributed by atoms with van der Waals surface area (Å²) >= 11 is 5.76. The zero-order valence-electron chi connectivity index (χ0n) is 7.46. The van der Waals surface area contributed by atoms with Crippen molar-refractivity contribution < 1.29 is 4.79 Å². The summed E-state index contributed by atoms with van der Waals surface area (Å²) in [6, 6.07) is 7.57. The Bertz CT molecular complexity index is 294. The van der Waals surface area contributed by atoms with Crippen molar-refractivity contribution in [2.45, 2.75) is 18.7 Å². The number of hydrogen-bond acceptors (Lipinski definition) is 1. The van der Waals surface area contributed by atoms with Crippen LogP contribution in [0.25, 0.3) is 0 Å². The summed E-state index contributed by atoms with van der Waals surface area (Å²) in [5.74, 6) is -0.508. The summed E-state index contributed by atoms with van der Waals surface area (Å²) in [5.41, 5.74) is 7.04. The van der Waals surface area contributed by atoms with Gasteiger partial charge in [0.1, 0.15) is 5.38 Å². The third-order valence-corrected chi connectivity index (χ3v) is 2.40. The quantitative estimate of drug-likeness (QED) is 0.741. The van der Waals surface area contributed by atoms with E-state index in [1.165, 1.54) is 5.56 Å². The lowest BCUT2D eigenvalue weighted by molar-refractivity contribution is -0.117. The summed E-state index contributed by atoms with van der Waals surface area (Å²) in [6.45, 7) is 2.07. The number of nitrogens with two attached hydrogens (primary N) is 1. The van der Waals surface area contributed by atoms with Gasteiger partial charge in [-0.15, -0.1) is 11.6 Å². The molecule has 70 valence electrons. The number of aryl methyl sites for hydroxylation is 1. The van der Waals surface area contributed by atoms with Crippen LogP contribution in [0.3, 0.4) is 0 Å². The molecule has 0 aromatic heterocycles. The summed E-state index contributed by atoms with van der Waals surface area (Å²) in [4.78, 5) is 10.7. The molecule has 0 aliphatic rings. The van der Waals surface area contributed by atoms with Gasteiger partial charge in [-0.25, -0.2) is 0 Å². The Kier molecular flexibility index (Phi) is 3.32. The van der Waals surface area contributed by atoms with E-state index in [-0.39, 0.29) is 0 Å². The van der Waals surface area contributed by atoms with Gasteiger partial charge in [0.2, 0.25) is 5.91 Å². The first kappa shape index (κ1) is 10.1. The molecule has 3 heteroatoms. The molecule has 0 radical (unpaired) electrons. The van der Waals surface area contributed by atoms with Crippen LogP contribution in [0, 0.1) is 0 Å². The molecule has 1 aromatic carbocycles. The van der Waals surface area contributed by atoms with Crippen molar-refractivity contribution in [3.63, 3.8) is 0 Å². The van der Waals surface area contributed by atoms with Crippen molar-refractivity contribution in [3.8, 4) is 0 Å². The van der Waals surface area contributed by atoms with Crippen LogP contribution >= 0.6 is 11.6 Å². The van der Waals surface area contributed by atoms with E-state index in [1.807, 2.05) is 24.3 Å². The Morgan fingerprint density at radius 2 is 2.00 bits per heavy atom. The number of halogens is 1.